The zero-order valence-electron chi connectivity index (χ0n) is 7.82. The van der Waals surface area contributed by atoms with Crippen LogP contribution in [0.4, 0.5) is 0 Å². The molecule has 0 saturated heterocycles. The van der Waals surface area contributed by atoms with Gasteiger partial charge in [-0.2, -0.15) is 10.5 Å². The largest absolute Gasteiger partial charge is 0.500 e. The highest BCUT2D eigenvalue weighted by Crippen LogP contribution is 1.97. The lowest BCUT2D eigenvalue weighted by Crippen LogP contribution is -2.08. The Bertz CT molecular complexity index is 296. The maximum absolute atomic E-state index is 11.1. The molecule has 14 heavy (non-hydrogen) atoms. The second-order valence-corrected chi connectivity index (χ2v) is 2.14. The van der Waals surface area contributed by atoms with Crippen molar-refractivity contribution in [2.75, 3.05) is 13.2 Å². The van der Waals surface area contributed by atoms with E-state index in [1.165, 1.54) is 0 Å². The lowest BCUT2D eigenvalue weighted by atomic mass is 10.3. The Morgan fingerprint density at radius 3 is 2.71 bits per heavy atom. The summed E-state index contributed by atoms with van der Waals surface area (Å²) in [7, 11) is 0. The van der Waals surface area contributed by atoms with Gasteiger partial charge in [0.15, 0.2) is 5.57 Å². The van der Waals surface area contributed by atoms with Gasteiger partial charge in [0.2, 0.25) is 0 Å². The van der Waals surface area contributed by atoms with E-state index in [4.69, 9.17) is 15.3 Å². The molecule has 0 bridgehead atoms. The summed E-state index contributed by atoms with van der Waals surface area (Å²) in [4.78, 5) is 11.1. The number of rotatable bonds is 5. The molecule has 0 aromatic rings. The summed E-state index contributed by atoms with van der Waals surface area (Å²) in [5, 5.41) is 16.7. The summed E-state index contributed by atoms with van der Waals surface area (Å²) < 4.78 is 9.36. The van der Waals surface area contributed by atoms with Crippen LogP contribution < -0.4 is 0 Å². The summed E-state index contributed by atoms with van der Waals surface area (Å²) in [6.07, 6.45) is 1.16. The second-order valence-electron chi connectivity index (χ2n) is 2.14. The van der Waals surface area contributed by atoms with Crippen molar-refractivity contribution in [3.05, 3.63) is 11.8 Å². The fraction of sp³-hybridized carbons (Fsp3) is 0.444. The van der Waals surface area contributed by atoms with Gasteiger partial charge in [-0.3, -0.25) is 0 Å². The Balaban J connectivity index is 4.08. The van der Waals surface area contributed by atoms with Gasteiger partial charge in [0.25, 0.3) is 0 Å². The van der Waals surface area contributed by atoms with Gasteiger partial charge in [0.05, 0.1) is 19.1 Å². The van der Waals surface area contributed by atoms with E-state index < -0.39 is 5.97 Å². The molecule has 5 nitrogen and oxygen atoms in total. The van der Waals surface area contributed by atoms with Crippen molar-refractivity contribution in [3.8, 4) is 12.1 Å². The van der Waals surface area contributed by atoms with Gasteiger partial charge >= 0.3 is 5.97 Å². The van der Waals surface area contributed by atoms with Gasteiger partial charge in [-0.05, 0) is 6.92 Å². The van der Waals surface area contributed by atoms with Crippen LogP contribution in [0.25, 0.3) is 0 Å². The van der Waals surface area contributed by atoms with Crippen molar-refractivity contribution in [1.29, 1.82) is 10.5 Å². The smallest absolute Gasteiger partial charge is 0.352 e. The fourth-order valence-corrected chi connectivity index (χ4v) is 0.554. The van der Waals surface area contributed by atoms with Crippen molar-refractivity contribution >= 4 is 5.97 Å². The van der Waals surface area contributed by atoms with Crippen LogP contribution in [-0.4, -0.2) is 19.2 Å². The highest BCUT2D eigenvalue weighted by molar-refractivity contribution is 5.92. The minimum Gasteiger partial charge on any atom is -0.500 e. The second kappa shape index (κ2) is 7.63. The number of hydrogen-bond donors (Lipinski definition) is 0. The molecule has 0 N–H and O–H groups in total. The van der Waals surface area contributed by atoms with Crippen molar-refractivity contribution in [1.82, 2.24) is 0 Å². The topological polar surface area (TPSA) is 83.1 Å². The number of nitriles is 2. The molecule has 0 saturated carbocycles. The molecule has 0 aromatic carbocycles. The molecule has 0 heterocycles. The third-order valence-electron chi connectivity index (χ3n) is 1.16. The van der Waals surface area contributed by atoms with E-state index in [1.54, 1.807) is 13.0 Å². The average molecular weight is 194 g/mol. The Morgan fingerprint density at radius 1 is 1.50 bits per heavy atom. The van der Waals surface area contributed by atoms with E-state index in [1.807, 2.05) is 6.07 Å². The predicted molar refractivity (Wildman–Crippen MR) is 46.5 cm³/mol. The summed E-state index contributed by atoms with van der Waals surface area (Å²) in [5.41, 5.74) is -0.204. The van der Waals surface area contributed by atoms with Gasteiger partial charge < -0.3 is 9.47 Å². The first-order chi connectivity index (χ1) is 6.76. The average Bonchev–Trinajstić information content (AvgIpc) is 2.19. The lowest BCUT2D eigenvalue weighted by molar-refractivity contribution is -0.138. The molecular weight excluding hydrogens is 184 g/mol. The molecule has 74 valence electrons. The number of esters is 1. The monoisotopic (exact) mass is 194 g/mol. The van der Waals surface area contributed by atoms with Crippen LogP contribution in [0.5, 0.6) is 0 Å². The molecule has 0 fully saturated rings. The first-order valence-corrected chi connectivity index (χ1v) is 4.02. The van der Waals surface area contributed by atoms with Gasteiger partial charge in [0.1, 0.15) is 18.9 Å². The molecule has 0 unspecified atom stereocenters. The van der Waals surface area contributed by atoms with Crippen molar-refractivity contribution in [2.45, 2.75) is 13.3 Å². The van der Waals surface area contributed by atoms with Crippen LogP contribution in [0.2, 0.25) is 0 Å². The van der Waals surface area contributed by atoms with E-state index >= 15 is 0 Å². The molecule has 5 heteroatoms. The molecule has 0 spiro atoms. The summed E-state index contributed by atoms with van der Waals surface area (Å²) >= 11 is 0. The SMILES string of the molecule is CCOC=C(C#N)C(=O)OCCC#N. The summed E-state index contributed by atoms with van der Waals surface area (Å²) in [6.45, 7) is 2.09. The molecule has 0 aliphatic carbocycles. The Kier molecular flexibility index (Phi) is 6.53. The Hall–Kier alpha value is -2.01. The van der Waals surface area contributed by atoms with Gasteiger partial charge in [-0.1, -0.05) is 0 Å². The van der Waals surface area contributed by atoms with E-state index in [0.29, 0.717) is 6.61 Å². The summed E-state index contributed by atoms with van der Waals surface area (Å²) in [5.74, 6) is -0.767. The normalized spacial score (nSPS) is 9.79. The quantitative estimate of drug-likeness (QED) is 0.213. The van der Waals surface area contributed by atoms with Crippen LogP contribution in [0.1, 0.15) is 13.3 Å². The third-order valence-corrected chi connectivity index (χ3v) is 1.16. The Labute approximate surface area is 82.1 Å². The molecule has 0 radical (unpaired) electrons. The highest BCUT2D eigenvalue weighted by atomic mass is 16.5. The molecule has 0 rings (SSSR count). The predicted octanol–water partition coefficient (Wildman–Crippen LogP) is 0.887. The van der Waals surface area contributed by atoms with Gasteiger partial charge in [0, 0.05) is 0 Å². The van der Waals surface area contributed by atoms with E-state index in [2.05, 4.69) is 4.74 Å². The molecule has 0 aromatic heterocycles. The van der Waals surface area contributed by atoms with Crippen molar-refractivity contribution < 1.29 is 14.3 Å². The van der Waals surface area contributed by atoms with Crippen LogP contribution in [0, 0.1) is 22.7 Å². The van der Waals surface area contributed by atoms with Crippen LogP contribution in [0.3, 0.4) is 0 Å². The first kappa shape index (κ1) is 12.0. The third kappa shape index (κ3) is 4.78. The number of ether oxygens (including phenoxy) is 2. The lowest BCUT2D eigenvalue weighted by Gasteiger charge is -2.00. The maximum atomic E-state index is 11.1. The Morgan fingerprint density at radius 2 is 2.21 bits per heavy atom. The zero-order valence-corrected chi connectivity index (χ0v) is 7.82. The maximum Gasteiger partial charge on any atom is 0.352 e. The van der Waals surface area contributed by atoms with Gasteiger partial charge in [-0.15, -0.1) is 0 Å². The minimum atomic E-state index is -0.767. The molecular formula is C9H10N2O3. The van der Waals surface area contributed by atoms with Gasteiger partial charge in [-0.25, -0.2) is 4.79 Å². The van der Waals surface area contributed by atoms with Crippen molar-refractivity contribution in [3.63, 3.8) is 0 Å². The number of carbonyl (C=O) groups is 1. The zero-order chi connectivity index (χ0) is 10.8. The van der Waals surface area contributed by atoms with E-state index in [9.17, 15) is 4.79 Å². The number of carbonyl (C=O) groups excluding carboxylic acids is 1. The fourth-order valence-electron chi connectivity index (χ4n) is 0.554. The van der Waals surface area contributed by atoms with Crippen LogP contribution in [0.15, 0.2) is 11.8 Å². The van der Waals surface area contributed by atoms with Crippen LogP contribution >= 0.6 is 0 Å². The molecule has 0 amide bonds. The number of nitrogens with zero attached hydrogens (tertiary/aromatic N) is 2. The van der Waals surface area contributed by atoms with E-state index in [-0.39, 0.29) is 18.6 Å². The standard InChI is InChI=1S/C9H10N2O3/c1-2-13-7-8(6-11)9(12)14-5-3-4-10/h7H,2-3,5H2,1H3. The molecule has 0 atom stereocenters. The van der Waals surface area contributed by atoms with E-state index in [0.717, 1.165) is 6.26 Å². The minimum absolute atomic E-state index is 0.0134. The van der Waals surface area contributed by atoms with Crippen molar-refractivity contribution in [2.24, 2.45) is 0 Å². The molecule has 0 aliphatic heterocycles. The summed E-state index contributed by atoms with van der Waals surface area (Å²) in [6, 6.07) is 3.45. The molecule has 0 aliphatic rings. The first-order valence-electron chi connectivity index (χ1n) is 4.02. The number of hydrogen-bond acceptors (Lipinski definition) is 5. The highest BCUT2D eigenvalue weighted by Gasteiger charge is 2.10. The van der Waals surface area contributed by atoms with Crippen LogP contribution in [-0.2, 0) is 14.3 Å².